The van der Waals surface area contributed by atoms with Crippen LogP contribution in [-0.2, 0) is 11.4 Å². The van der Waals surface area contributed by atoms with Crippen molar-refractivity contribution in [3.8, 4) is 5.75 Å². The summed E-state index contributed by atoms with van der Waals surface area (Å²) in [6.07, 6.45) is 3.67. The lowest BCUT2D eigenvalue weighted by molar-refractivity contribution is -0.122. The van der Waals surface area contributed by atoms with Gasteiger partial charge in [0.15, 0.2) is 0 Å². The molecule has 1 fully saturated rings. The van der Waals surface area contributed by atoms with E-state index in [2.05, 4.69) is 15.6 Å². The number of benzene rings is 2. The van der Waals surface area contributed by atoms with Gasteiger partial charge in [0, 0.05) is 17.9 Å². The summed E-state index contributed by atoms with van der Waals surface area (Å²) in [5.74, 6) is 0.0156. The molecule has 1 aliphatic rings. The first-order valence-corrected chi connectivity index (χ1v) is 10.1. The lowest BCUT2D eigenvalue weighted by Crippen LogP contribution is -2.34. The summed E-state index contributed by atoms with van der Waals surface area (Å²) in [5.41, 5.74) is 2.12. The Morgan fingerprint density at radius 3 is 2.63 bits per heavy atom. The van der Waals surface area contributed by atoms with Crippen molar-refractivity contribution in [1.82, 2.24) is 10.3 Å². The lowest BCUT2D eigenvalue weighted by Gasteiger charge is -2.20. The highest BCUT2D eigenvalue weighted by molar-refractivity contribution is 6.32. The van der Waals surface area contributed by atoms with E-state index in [1.807, 2.05) is 18.2 Å². The molecule has 30 heavy (non-hydrogen) atoms. The Kier molecular flexibility index (Phi) is 6.14. The Labute approximate surface area is 179 Å². The van der Waals surface area contributed by atoms with Crippen LogP contribution in [0.25, 0.3) is 0 Å². The Hall–Kier alpha value is -3.12. The second-order valence-corrected chi connectivity index (χ2v) is 7.57. The molecule has 0 saturated heterocycles. The molecule has 7 heteroatoms. The molecule has 0 spiro atoms. The molecule has 1 saturated carbocycles. The van der Waals surface area contributed by atoms with E-state index in [1.54, 1.807) is 36.5 Å². The van der Waals surface area contributed by atoms with Crippen LogP contribution in [0.4, 0.5) is 10.1 Å². The van der Waals surface area contributed by atoms with E-state index < -0.39 is 6.04 Å². The molecule has 154 valence electrons. The molecule has 2 aromatic carbocycles. The van der Waals surface area contributed by atoms with Gasteiger partial charge in [-0.15, -0.1) is 0 Å². The van der Waals surface area contributed by atoms with Crippen LogP contribution in [0.5, 0.6) is 5.75 Å². The van der Waals surface area contributed by atoms with Gasteiger partial charge in [0.1, 0.15) is 24.2 Å². The maximum atomic E-state index is 13.3. The van der Waals surface area contributed by atoms with Crippen LogP contribution >= 0.6 is 11.6 Å². The average Bonchev–Trinajstić information content (AvgIpc) is 3.57. The molecular formula is C23H21ClFN3O2. The fourth-order valence-corrected chi connectivity index (χ4v) is 3.21. The van der Waals surface area contributed by atoms with Gasteiger partial charge >= 0.3 is 0 Å². The van der Waals surface area contributed by atoms with Gasteiger partial charge in [-0.3, -0.25) is 9.78 Å². The number of pyridine rings is 1. The van der Waals surface area contributed by atoms with Crippen LogP contribution in [0, 0.1) is 5.82 Å². The Bertz CT molecular complexity index is 1010. The number of halogens is 2. The van der Waals surface area contributed by atoms with E-state index in [-0.39, 0.29) is 17.8 Å². The van der Waals surface area contributed by atoms with E-state index in [9.17, 15) is 9.18 Å². The maximum absolute atomic E-state index is 13.3. The quantitative estimate of drug-likeness (QED) is 0.539. The second-order valence-electron chi connectivity index (χ2n) is 7.17. The van der Waals surface area contributed by atoms with E-state index >= 15 is 0 Å². The number of nitrogens with zero attached hydrogens (tertiary/aromatic N) is 1. The SMILES string of the molecule is O=C(NC1CC1)C(Nc1ccc(OCc2ccccn2)c(Cl)c1)c1ccc(F)cc1. The van der Waals surface area contributed by atoms with Crippen molar-refractivity contribution >= 4 is 23.2 Å². The fourth-order valence-electron chi connectivity index (χ4n) is 2.98. The number of rotatable bonds is 8. The predicted octanol–water partition coefficient (Wildman–Crippen LogP) is 4.88. The summed E-state index contributed by atoms with van der Waals surface area (Å²) in [7, 11) is 0. The minimum atomic E-state index is -0.664. The van der Waals surface area contributed by atoms with Crippen molar-refractivity contribution in [2.24, 2.45) is 0 Å². The molecule has 0 bridgehead atoms. The zero-order valence-corrected chi connectivity index (χ0v) is 16.9. The molecule has 5 nitrogen and oxygen atoms in total. The van der Waals surface area contributed by atoms with Crippen molar-refractivity contribution in [3.05, 3.63) is 89.0 Å². The van der Waals surface area contributed by atoms with Crippen LogP contribution in [0.1, 0.15) is 30.1 Å². The zero-order valence-electron chi connectivity index (χ0n) is 16.1. The highest BCUT2D eigenvalue weighted by atomic mass is 35.5. The number of hydrogen-bond acceptors (Lipinski definition) is 4. The highest BCUT2D eigenvalue weighted by Gasteiger charge is 2.28. The molecule has 1 amide bonds. The Morgan fingerprint density at radius 1 is 1.17 bits per heavy atom. The van der Waals surface area contributed by atoms with Crippen LogP contribution < -0.4 is 15.4 Å². The van der Waals surface area contributed by atoms with Gasteiger partial charge in [-0.1, -0.05) is 29.8 Å². The Balaban J connectivity index is 1.48. The van der Waals surface area contributed by atoms with Gasteiger partial charge in [0.25, 0.3) is 0 Å². The van der Waals surface area contributed by atoms with E-state index in [1.165, 1.54) is 12.1 Å². The molecular weight excluding hydrogens is 405 g/mol. The molecule has 3 aromatic rings. The van der Waals surface area contributed by atoms with Crippen LogP contribution in [0.2, 0.25) is 5.02 Å². The summed E-state index contributed by atoms with van der Waals surface area (Å²) >= 11 is 6.38. The molecule has 2 N–H and O–H groups in total. The van der Waals surface area contributed by atoms with Crippen LogP contribution in [0.3, 0.4) is 0 Å². The minimum absolute atomic E-state index is 0.157. The second kappa shape index (κ2) is 9.13. The molecule has 1 unspecified atom stereocenters. The number of aromatic nitrogens is 1. The topological polar surface area (TPSA) is 63.2 Å². The number of carbonyl (C=O) groups is 1. The van der Waals surface area contributed by atoms with Crippen molar-refractivity contribution in [3.63, 3.8) is 0 Å². The lowest BCUT2D eigenvalue weighted by atomic mass is 10.1. The number of nitrogens with one attached hydrogen (secondary N) is 2. The average molecular weight is 426 g/mol. The molecule has 0 radical (unpaired) electrons. The highest BCUT2D eigenvalue weighted by Crippen LogP contribution is 2.31. The smallest absolute Gasteiger partial charge is 0.247 e. The van der Waals surface area contributed by atoms with Gasteiger partial charge < -0.3 is 15.4 Å². The van der Waals surface area contributed by atoms with Crippen LogP contribution in [0.15, 0.2) is 66.9 Å². The number of anilines is 1. The van der Waals surface area contributed by atoms with Gasteiger partial charge in [0.2, 0.25) is 5.91 Å². The minimum Gasteiger partial charge on any atom is -0.486 e. The van der Waals surface area contributed by atoms with Gasteiger partial charge in [-0.2, -0.15) is 0 Å². The molecule has 4 rings (SSSR count). The van der Waals surface area contributed by atoms with E-state index in [4.69, 9.17) is 16.3 Å². The summed E-state index contributed by atoms with van der Waals surface area (Å²) in [5, 5.41) is 6.61. The molecule has 1 aliphatic carbocycles. The van der Waals surface area contributed by atoms with Gasteiger partial charge in [0.05, 0.1) is 10.7 Å². The van der Waals surface area contributed by atoms with Gasteiger partial charge in [-0.25, -0.2) is 4.39 Å². The number of carbonyl (C=O) groups excluding carboxylic acids is 1. The fraction of sp³-hybridized carbons (Fsp3) is 0.217. The third-order valence-corrected chi connectivity index (χ3v) is 5.03. The van der Waals surface area contributed by atoms with Crippen molar-refractivity contribution < 1.29 is 13.9 Å². The number of amides is 1. The number of hydrogen-bond donors (Lipinski definition) is 2. The van der Waals surface area contributed by atoms with Crippen LogP contribution in [-0.4, -0.2) is 16.9 Å². The van der Waals surface area contributed by atoms with Crippen molar-refractivity contribution in [2.75, 3.05) is 5.32 Å². The first kappa shape index (κ1) is 20.2. The monoisotopic (exact) mass is 425 g/mol. The largest absolute Gasteiger partial charge is 0.486 e. The summed E-state index contributed by atoms with van der Waals surface area (Å²) in [6.45, 7) is 0.301. The number of ether oxygens (including phenoxy) is 1. The predicted molar refractivity (Wildman–Crippen MR) is 114 cm³/mol. The normalized spacial score (nSPS) is 14.1. The van der Waals surface area contributed by atoms with E-state index in [0.717, 1.165) is 18.5 Å². The third-order valence-electron chi connectivity index (χ3n) is 4.73. The van der Waals surface area contributed by atoms with Crippen molar-refractivity contribution in [2.45, 2.75) is 31.5 Å². The summed E-state index contributed by atoms with van der Waals surface area (Å²) in [4.78, 5) is 17.0. The maximum Gasteiger partial charge on any atom is 0.247 e. The molecule has 1 atom stereocenters. The Morgan fingerprint density at radius 2 is 1.97 bits per heavy atom. The third kappa shape index (κ3) is 5.27. The van der Waals surface area contributed by atoms with Crippen molar-refractivity contribution in [1.29, 1.82) is 0 Å². The summed E-state index contributed by atoms with van der Waals surface area (Å²) in [6, 6.07) is 16.3. The molecule has 1 heterocycles. The van der Waals surface area contributed by atoms with E-state index in [0.29, 0.717) is 28.6 Å². The molecule has 1 aromatic heterocycles. The summed E-state index contributed by atoms with van der Waals surface area (Å²) < 4.78 is 19.1. The standard InChI is InChI=1S/C23H21ClFN3O2/c24-20-13-18(10-11-21(20)30-14-19-3-1-2-12-26-19)27-22(23(29)28-17-8-9-17)15-4-6-16(25)7-5-15/h1-7,10-13,17,22,27H,8-9,14H2,(H,28,29). The molecule has 0 aliphatic heterocycles. The first-order valence-electron chi connectivity index (χ1n) is 9.73. The first-order chi connectivity index (χ1) is 14.6. The zero-order chi connectivity index (χ0) is 20.9. The van der Waals surface area contributed by atoms with Gasteiger partial charge in [-0.05, 0) is 60.9 Å².